The van der Waals surface area contributed by atoms with Gasteiger partial charge in [-0.1, -0.05) is 12.1 Å². The zero-order valence-corrected chi connectivity index (χ0v) is 14.8. The molecule has 0 radical (unpaired) electrons. The molecule has 0 saturated carbocycles. The highest BCUT2D eigenvalue weighted by Crippen LogP contribution is 2.29. The van der Waals surface area contributed by atoms with Crippen LogP contribution in [0.2, 0.25) is 0 Å². The van der Waals surface area contributed by atoms with Gasteiger partial charge in [-0.05, 0) is 61.7 Å². The first kappa shape index (κ1) is 18.1. The van der Waals surface area contributed by atoms with E-state index in [1.165, 1.54) is 11.8 Å². The molecule has 2 heterocycles. The van der Waals surface area contributed by atoms with Crippen molar-refractivity contribution >= 4 is 0 Å². The average Bonchev–Trinajstić information content (AvgIpc) is 2.64. The number of nitrogens with zero attached hydrogens (tertiary/aromatic N) is 2. The fraction of sp³-hybridized carbons (Fsp3) is 0.350. The van der Waals surface area contributed by atoms with Crippen molar-refractivity contribution in [2.24, 2.45) is 5.73 Å². The fourth-order valence-corrected chi connectivity index (χ4v) is 3.31. The largest absolute Gasteiger partial charge is 0.508 e. The summed E-state index contributed by atoms with van der Waals surface area (Å²) in [5, 5.41) is 22.0. The predicted octanol–water partition coefficient (Wildman–Crippen LogP) is 2.26. The van der Waals surface area contributed by atoms with Gasteiger partial charge >= 0.3 is 0 Å². The van der Waals surface area contributed by atoms with E-state index in [-0.39, 0.29) is 5.75 Å². The second-order valence-electron chi connectivity index (χ2n) is 6.75. The van der Waals surface area contributed by atoms with Crippen LogP contribution in [0.5, 0.6) is 11.5 Å². The molecule has 1 aromatic carbocycles. The van der Waals surface area contributed by atoms with E-state index in [0.717, 1.165) is 43.9 Å². The van der Waals surface area contributed by atoms with Crippen LogP contribution in [0.1, 0.15) is 30.0 Å². The van der Waals surface area contributed by atoms with Gasteiger partial charge in [0.15, 0.2) is 0 Å². The first-order chi connectivity index (χ1) is 12.6. The molecule has 1 aromatic heterocycles. The van der Waals surface area contributed by atoms with E-state index in [4.69, 9.17) is 5.73 Å². The topological polar surface area (TPSA) is 94.6 Å². The number of phenols is 1. The molecule has 0 unspecified atom stereocenters. The van der Waals surface area contributed by atoms with Crippen molar-refractivity contribution in [2.75, 3.05) is 19.6 Å². The molecule has 6 heteroatoms. The van der Waals surface area contributed by atoms with Gasteiger partial charge in [-0.15, -0.1) is 0 Å². The summed E-state index contributed by atoms with van der Waals surface area (Å²) in [6.45, 7) is 3.30. The summed E-state index contributed by atoms with van der Waals surface area (Å²) in [6.07, 6.45) is 5.40. The Morgan fingerprint density at radius 3 is 2.69 bits per heavy atom. The molecule has 0 aliphatic carbocycles. The molecular weight excluding hydrogens is 328 g/mol. The lowest BCUT2D eigenvalue weighted by Crippen LogP contribution is -2.36. The van der Waals surface area contributed by atoms with Gasteiger partial charge in [-0.25, -0.2) is 0 Å². The fourth-order valence-electron chi connectivity index (χ4n) is 3.31. The highest BCUT2D eigenvalue weighted by atomic mass is 16.3. The van der Waals surface area contributed by atoms with E-state index in [0.29, 0.717) is 18.2 Å². The van der Waals surface area contributed by atoms with Crippen molar-refractivity contribution in [3.63, 3.8) is 0 Å². The minimum absolute atomic E-state index is 0.165. The molecule has 5 N–H and O–H groups in total. The van der Waals surface area contributed by atoms with Crippen molar-refractivity contribution < 1.29 is 10.2 Å². The number of rotatable bonds is 6. The maximum absolute atomic E-state index is 9.63. The van der Waals surface area contributed by atoms with Crippen LogP contribution in [0.15, 0.2) is 54.5 Å². The van der Waals surface area contributed by atoms with Gasteiger partial charge in [0.1, 0.15) is 11.5 Å². The van der Waals surface area contributed by atoms with Crippen LogP contribution in [-0.4, -0.2) is 39.7 Å². The number of phenolic OH excluding ortho intramolecular Hbond substituents is 1. The van der Waals surface area contributed by atoms with Crippen LogP contribution in [0.25, 0.3) is 0 Å². The van der Waals surface area contributed by atoms with Crippen molar-refractivity contribution in [1.82, 2.24) is 15.2 Å². The Hall–Kier alpha value is -2.73. The number of hydrogen-bond donors (Lipinski definition) is 4. The van der Waals surface area contributed by atoms with E-state index in [1.807, 2.05) is 18.3 Å². The zero-order chi connectivity index (χ0) is 18.4. The summed E-state index contributed by atoms with van der Waals surface area (Å²) in [4.78, 5) is 6.48. The van der Waals surface area contributed by atoms with Crippen molar-refractivity contribution in [3.8, 4) is 11.5 Å². The quantitative estimate of drug-likeness (QED) is 0.636. The normalized spacial score (nSPS) is 16.5. The summed E-state index contributed by atoms with van der Waals surface area (Å²) in [7, 11) is 0. The molecule has 2 aromatic rings. The molecule has 1 fully saturated rings. The Morgan fingerprint density at radius 2 is 2.00 bits per heavy atom. The molecule has 6 nitrogen and oxygen atoms in total. The van der Waals surface area contributed by atoms with Crippen LogP contribution in [0.4, 0.5) is 0 Å². The van der Waals surface area contributed by atoms with Crippen LogP contribution < -0.4 is 11.1 Å². The third kappa shape index (κ3) is 5.13. The lowest BCUT2D eigenvalue weighted by atomic mass is 9.89. The number of pyridine rings is 1. The molecule has 0 spiro atoms. The van der Waals surface area contributed by atoms with Gasteiger partial charge in [0.2, 0.25) is 0 Å². The third-order valence-electron chi connectivity index (χ3n) is 4.72. The van der Waals surface area contributed by atoms with Gasteiger partial charge in [-0.3, -0.25) is 9.88 Å². The van der Waals surface area contributed by atoms with Gasteiger partial charge < -0.3 is 21.3 Å². The number of piperidine rings is 1. The molecule has 0 atom stereocenters. The maximum atomic E-state index is 9.63. The van der Waals surface area contributed by atoms with Crippen molar-refractivity contribution in [2.45, 2.75) is 25.3 Å². The summed E-state index contributed by atoms with van der Waals surface area (Å²) in [5.74, 6) is 1.01. The van der Waals surface area contributed by atoms with Crippen molar-refractivity contribution in [3.05, 3.63) is 65.7 Å². The summed E-state index contributed by atoms with van der Waals surface area (Å²) >= 11 is 0. The molecular formula is C20H26N4O2. The Balaban J connectivity index is 1.42. The molecule has 1 saturated heterocycles. The lowest BCUT2D eigenvalue weighted by Gasteiger charge is -2.32. The van der Waals surface area contributed by atoms with Crippen LogP contribution in [0, 0.1) is 0 Å². The Bertz CT molecular complexity index is 738. The molecule has 1 aliphatic rings. The number of aromatic hydroxyl groups is 2. The average molecular weight is 354 g/mol. The second-order valence-corrected chi connectivity index (χ2v) is 6.75. The van der Waals surface area contributed by atoms with Gasteiger partial charge in [-0.2, -0.15) is 0 Å². The number of nitrogens with two attached hydrogens (primary N) is 1. The second kappa shape index (κ2) is 8.58. The number of nitrogens with one attached hydrogen (secondary N) is 1. The van der Waals surface area contributed by atoms with E-state index in [1.54, 1.807) is 18.2 Å². The lowest BCUT2D eigenvalue weighted by molar-refractivity contribution is 0.227. The summed E-state index contributed by atoms with van der Waals surface area (Å²) < 4.78 is 0. The number of aromatic nitrogens is 1. The van der Waals surface area contributed by atoms with Crippen LogP contribution in [0.3, 0.4) is 0 Å². The summed E-state index contributed by atoms with van der Waals surface area (Å²) in [6, 6.07) is 11.0. The van der Waals surface area contributed by atoms with Gasteiger partial charge in [0.05, 0.1) is 18.4 Å². The standard InChI is InChI=1S/C20H26N4O2/c21-17(11-22-12-18-4-5-20(26)13-23-18)14-24-8-6-15(7-9-24)16-2-1-3-19(25)10-16/h1-5,10-11,13,15,22,25-26H,6-9,12,14,21H2/b17-11-. The molecule has 1 aliphatic heterocycles. The summed E-state index contributed by atoms with van der Waals surface area (Å²) in [5.41, 5.74) is 8.98. The number of benzene rings is 1. The zero-order valence-electron chi connectivity index (χ0n) is 14.8. The Kier molecular flexibility index (Phi) is 5.96. The van der Waals surface area contributed by atoms with Crippen LogP contribution in [-0.2, 0) is 6.54 Å². The minimum atomic E-state index is 0.165. The third-order valence-corrected chi connectivity index (χ3v) is 4.72. The first-order valence-electron chi connectivity index (χ1n) is 8.93. The Labute approximate surface area is 154 Å². The van der Waals surface area contributed by atoms with E-state index < -0.39 is 0 Å². The molecule has 138 valence electrons. The maximum Gasteiger partial charge on any atom is 0.133 e. The number of likely N-dealkylation sites (tertiary alicyclic amines) is 1. The molecule has 26 heavy (non-hydrogen) atoms. The SMILES string of the molecule is N/C(=C\NCc1ccc(O)cn1)CN1CCC(c2cccc(O)c2)CC1. The van der Waals surface area contributed by atoms with Crippen LogP contribution >= 0.6 is 0 Å². The van der Waals surface area contributed by atoms with E-state index in [9.17, 15) is 10.2 Å². The highest BCUT2D eigenvalue weighted by molar-refractivity contribution is 5.30. The Morgan fingerprint density at radius 1 is 1.19 bits per heavy atom. The van der Waals surface area contributed by atoms with Gasteiger partial charge in [0, 0.05) is 18.4 Å². The highest BCUT2D eigenvalue weighted by Gasteiger charge is 2.20. The van der Waals surface area contributed by atoms with Crippen molar-refractivity contribution in [1.29, 1.82) is 0 Å². The molecule has 0 bridgehead atoms. The van der Waals surface area contributed by atoms with E-state index in [2.05, 4.69) is 21.3 Å². The minimum Gasteiger partial charge on any atom is -0.508 e. The number of hydrogen-bond acceptors (Lipinski definition) is 6. The smallest absolute Gasteiger partial charge is 0.133 e. The monoisotopic (exact) mass is 354 g/mol. The predicted molar refractivity (Wildman–Crippen MR) is 102 cm³/mol. The molecule has 3 rings (SSSR count). The van der Waals surface area contributed by atoms with Gasteiger partial charge in [0.25, 0.3) is 0 Å². The first-order valence-corrected chi connectivity index (χ1v) is 8.93. The molecule has 0 amide bonds. The van der Waals surface area contributed by atoms with E-state index >= 15 is 0 Å².